The molecule has 0 aromatic heterocycles. The zero-order chi connectivity index (χ0) is 14.1. The number of ether oxygens (including phenoxy) is 1. The number of methoxy groups -OCH3 is 1. The van der Waals surface area contributed by atoms with Crippen molar-refractivity contribution in [2.24, 2.45) is 4.99 Å². The molecule has 2 N–H and O–H groups in total. The number of hydrogen-bond acceptors (Lipinski definition) is 2. The summed E-state index contributed by atoms with van der Waals surface area (Å²) in [7, 11) is 3.35. The van der Waals surface area contributed by atoms with E-state index >= 15 is 0 Å². The van der Waals surface area contributed by atoms with Gasteiger partial charge in [0.1, 0.15) is 5.82 Å². The van der Waals surface area contributed by atoms with Crippen molar-refractivity contribution in [3.63, 3.8) is 0 Å². The highest BCUT2D eigenvalue weighted by molar-refractivity contribution is 9.10. The van der Waals surface area contributed by atoms with Crippen LogP contribution in [-0.2, 0) is 11.3 Å². The molecule has 1 aromatic rings. The van der Waals surface area contributed by atoms with Crippen LogP contribution in [0.3, 0.4) is 0 Å². The van der Waals surface area contributed by atoms with Gasteiger partial charge in [-0.15, -0.1) is 0 Å². The lowest BCUT2D eigenvalue weighted by Crippen LogP contribution is -2.37. The van der Waals surface area contributed by atoms with E-state index in [1.54, 1.807) is 20.2 Å². The Hall–Kier alpha value is -1.14. The highest BCUT2D eigenvalue weighted by Crippen LogP contribution is 2.14. The highest BCUT2D eigenvalue weighted by atomic mass is 79.9. The predicted octanol–water partition coefficient (Wildman–Crippen LogP) is 2.29. The molecule has 0 aliphatic rings. The van der Waals surface area contributed by atoms with Crippen LogP contribution in [0, 0.1) is 5.82 Å². The number of guanidine groups is 1. The second kappa shape index (κ2) is 8.87. The average molecular weight is 332 g/mol. The molecule has 0 radical (unpaired) electrons. The summed E-state index contributed by atoms with van der Waals surface area (Å²) in [6.07, 6.45) is 0.893. The lowest BCUT2D eigenvalue weighted by atomic mass is 10.2. The van der Waals surface area contributed by atoms with Gasteiger partial charge in [0, 0.05) is 43.9 Å². The third-order valence-corrected chi connectivity index (χ3v) is 3.00. The Balaban J connectivity index is 2.40. The lowest BCUT2D eigenvalue weighted by Gasteiger charge is -2.12. The maximum absolute atomic E-state index is 13.6. The molecule has 1 aromatic carbocycles. The van der Waals surface area contributed by atoms with Crippen molar-refractivity contribution >= 4 is 21.9 Å². The SMILES string of the molecule is CN=C(NCCCOC)NCc1ccc(Br)cc1F. The zero-order valence-electron chi connectivity index (χ0n) is 11.2. The van der Waals surface area contributed by atoms with Crippen LogP contribution in [0.25, 0.3) is 0 Å². The first-order valence-electron chi connectivity index (χ1n) is 6.04. The molecule has 0 spiro atoms. The van der Waals surface area contributed by atoms with Crippen molar-refractivity contribution in [2.45, 2.75) is 13.0 Å². The fraction of sp³-hybridized carbons (Fsp3) is 0.462. The Morgan fingerprint density at radius 2 is 2.21 bits per heavy atom. The van der Waals surface area contributed by atoms with Gasteiger partial charge < -0.3 is 15.4 Å². The minimum Gasteiger partial charge on any atom is -0.385 e. The molecule has 1 rings (SSSR count). The van der Waals surface area contributed by atoms with Crippen molar-refractivity contribution in [3.8, 4) is 0 Å². The first-order chi connectivity index (χ1) is 9.17. The molecular formula is C13H19BrFN3O. The number of hydrogen-bond donors (Lipinski definition) is 2. The molecule has 0 aliphatic heterocycles. The summed E-state index contributed by atoms with van der Waals surface area (Å²) in [6, 6.07) is 5.01. The summed E-state index contributed by atoms with van der Waals surface area (Å²) in [4.78, 5) is 4.07. The van der Waals surface area contributed by atoms with Gasteiger partial charge in [-0.05, 0) is 18.6 Å². The van der Waals surface area contributed by atoms with Crippen LogP contribution in [0.4, 0.5) is 4.39 Å². The van der Waals surface area contributed by atoms with Crippen molar-refractivity contribution in [1.82, 2.24) is 10.6 Å². The van der Waals surface area contributed by atoms with E-state index in [2.05, 4.69) is 31.6 Å². The van der Waals surface area contributed by atoms with Crippen LogP contribution >= 0.6 is 15.9 Å². The van der Waals surface area contributed by atoms with Gasteiger partial charge in [0.25, 0.3) is 0 Å². The molecular weight excluding hydrogens is 313 g/mol. The lowest BCUT2D eigenvalue weighted by molar-refractivity contribution is 0.195. The van der Waals surface area contributed by atoms with E-state index in [0.717, 1.165) is 17.4 Å². The molecule has 0 saturated carbocycles. The van der Waals surface area contributed by atoms with E-state index in [-0.39, 0.29) is 5.82 Å². The average Bonchev–Trinajstić information content (AvgIpc) is 2.40. The van der Waals surface area contributed by atoms with E-state index < -0.39 is 0 Å². The van der Waals surface area contributed by atoms with E-state index in [1.165, 1.54) is 6.07 Å². The topological polar surface area (TPSA) is 45.7 Å². The fourth-order valence-corrected chi connectivity index (χ4v) is 1.82. The van der Waals surface area contributed by atoms with Crippen molar-refractivity contribution in [2.75, 3.05) is 27.3 Å². The smallest absolute Gasteiger partial charge is 0.191 e. The zero-order valence-corrected chi connectivity index (χ0v) is 12.8. The summed E-state index contributed by atoms with van der Waals surface area (Å²) in [6.45, 7) is 1.85. The van der Waals surface area contributed by atoms with Gasteiger partial charge in [0.05, 0.1) is 0 Å². The Kier molecular flexibility index (Phi) is 7.43. The molecule has 6 heteroatoms. The molecule has 19 heavy (non-hydrogen) atoms. The molecule has 0 aliphatic carbocycles. The first kappa shape index (κ1) is 15.9. The highest BCUT2D eigenvalue weighted by Gasteiger charge is 2.03. The molecule has 0 unspecified atom stereocenters. The van der Waals surface area contributed by atoms with E-state index in [9.17, 15) is 4.39 Å². The second-order valence-corrected chi connectivity index (χ2v) is 4.85. The van der Waals surface area contributed by atoms with Gasteiger partial charge >= 0.3 is 0 Å². The monoisotopic (exact) mass is 331 g/mol. The van der Waals surface area contributed by atoms with E-state index in [1.807, 2.05) is 6.07 Å². The predicted molar refractivity (Wildman–Crippen MR) is 78.8 cm³/mol. The fourth-order valence-electron chi connectivity index (χ4n) is 1.49. The maximum atomic E-state index is 13.6. The van der Waals surface area contributed by atoms with Crippen molar-refractivity contribution < 1.29 is 9.13 Å². The van der Waals surface area contributed by atoms with Crippen LogP contribution in [0.2, 0.25) is 0 Å². The summed E-state index contributed by atoms with van der Waals surface area (Å²) >= 11 is 3.23. The van der Waals surface area contributed by atoms with Gasteiger partial charge in [-0.3, -0.25) is 4.99 Å². The third kappa shape index (κ3) is 6.02. The molecule has 0 bridgehead atoms. The Labute approximate surface area is 121 Å². The molecule has 0 amide bonds. The number of nitrogens with one attached hydrogen (secondary N) is 2. The van der Waals surface area contributed by atoms with Gasteiger partial charge in [-0.25, -0.2) is 4.39 Å². The summed E-state index contributed by atoms with van der Waals surface area (Å²) in [5, 5.41) is 6.20. The Bertz CT molecular complexity index is 426. The minimum absolute atomic E-state index is 0.239. The number of aliphatic imine (C=N–C) groups is 1. The van der Waals surface area contributed by atoms with Crippen LogP contribution in [0.15, 0.2) is 27.7 Å². The Morgan fingerprint density at radius 1 is 1.42 bits per heavy atom. The molecule has 0 heterocycles. The first-order valence-corrected chi connectivity index (χ1v) is 6.84. The minimum atomic E-state index is -0.239. The molecule has 0 fully saturated rings. The van der Waals surface area contributed by atoms with Crippen LogP contribution in [0.5, 0.6) is 0 Å². The molecule has 106 valence electrons. The van der Waals surface area contributed by atoms with Gasteiger partial charge in [-0.1, -0.05) is 22.0 Å². The molecule has 0 saturated heterocycles. The van der Waals surface area contributed by atoms with Gasteiger partial charge in [0.2, 0.25) is 0 Å². The van der Waals surface area contributed by atoms with Gasteiger partial charge in [0.15, 0.2) is 5.96 Å². The summed E-state index contributed by atoms with van der Waals surface area (Å²) in [5.74, 6) is 0.412. The molecule has 4 nitrogen and oxygen atoms in total. The van der Waals surface area contributed by atoms with Crippen LogP contribution in [-0.4, -0.2) is 33.3 Å². The quantitative estimate of drug-likeness (QED) is 0.477. The number of rotatable bonds is 6. The largest absolute Gasteiger partial charge is 0.385 e. The number of benzene rings is 1. The van der Waals surface area contributed by atoms with Crippen molar-refractivity contribution in [1.29, 1.82) is 0 Å². The number of halogens is 2. The molecule has 0 atom stereocenters. The van der Waals surface area contributed by atoms with Crippen molar-refractivity contribution in [3.05, 3.63) is 34.1 Å². The number of nitrogens with zero attached hydrogens (tertiary/aromatic N) is 1. The maximum Gasteiger partial charge on any atom is 0.191 e. The van der Waals surface area contributed by atoms with E-state index in [4.69, 9.17) is 4.74 Å². The van der Waals surface area contributed by atoms with E-state index in [0.29, 0.717) is 24.7 Å². The Morgan fingerprint density at radius 3 is 2.84 bits per heavy atom. The van der Waals surface area contributed by atoms with Gasteiger partial charge in [-0.2, -0.15) is 0 Å². The van der Waals surface area contributed by atoms with Crippen LogP contribution < -0.4 is 10.6 Å². The van der Waals surface area contributed by atoms with Crippen LogP contribution in [0.1, 0.15) is 12.0 Å². The second-order valence-electron chi connectivity index (χ2n) is 3.93. The standard InChI is InChI=1S/C13H19BrFN3O/c1-16-13(17-6-3-7-19-2)18-9-10-4-5-11(14)8-12(10)15/h4-5,8H,3,6-7,9H2,1-2H3,(H2,16,17,18). The normalized spacial score (nSPS) is 11.5. The summed E-state index contributed by atoms with van der Waals surface area (Å²) in [5.41, 5.74) is 0.600. The summed E-state index contributed by atoms with van der Waals surface area (Å²) < 4.78 is 19.3. The third-order valence-electron chi connectivity index (χ3n) is 2.50.